The molecule has 0 aliphatic carbocycles. The average Bonchev–Trinajstić information content (AvgIpc) is 2.25. The van der Waals surface area contributed by atoms with Crippen LogP contribution in [0.5, 0.6) is 0 Å². The maximum atomic E-state index is 11.5. The summed E-state index contributed by atoms with van der Waals surface area (Å²) >= 11 is 2.00. The molecule has 2 atom stereocenters. The van der Waals surface area contributed by atoms with Gasteiger partial charge in [0.1, 0.15) is 0 Å². The van der Waals surface area contributed by atoms with Crippen molar-refractivity contribution in [2.24, 2.45) is 5.92 Å². The van der Waals surface area contributed by atoms with Crippen molar-refractivity contribution in [3.8, 4) is 0 Å². The van der Waals surface area contributed by atoms with Crippen molar-refractivity contribution in [2.75, 3.05) is 18.8 Å². The molecule has 1 aliphatic rings. The summed E-state index contributed by atoms with van der Waals surface area (Å²) in [6, 6.07) is 0.503. The van der Waals surface area contributed by atoms with Gasteiger partial charge in [-0.3, -0.25) is 4.79 Å². The van der Waals surface area contributed by atoms with Gasteiger partial charge < -0.3 is 10.6 Å². The molecule has 4 heteroatoms. The van der Waals surface area contributed by atoms with Crippen molar-refractivity contribution in [3.63, 3.8) is 0 Å². The Morgan fingerprint density at radius 1 is 1.50 bits per heavy atom. The summed E-state index contributed by atoms with van der Waals surface area (Å²) in [6.45, 7) is 7.69. The lowest BCUT2D eigenvalue weighted by Crippen LogP contribution is -2.45. The number of carbonyl (C=O) groups excluding carboxylic acids is 1. The number of rotatable bonds is 5. The van der Waals surface area contributed by atoms with Gasteiger partial charge in [-0.15, -0.1) is 0 Å². The Morgan fingerprint density at radius 3 is 2.88 bits per heavy atom. The van der Waals surface area contributed by atoms with Gasteiger partial charge in [-0.05, 0) is 24.5 Å². The molecule has 0 radical (unpaired) electrons. The van der Waals surface area contributed by atoms with Crippen LogP contribution in [0.15, 0.2) is 0 Å². The molecule has 2 unspecified atom stereocenters. The molecule has 0 spiro atoms. The van der Waals surface area contributed by atoms with Gasteiger partial charge in [0.05, 0.1) is 6.54 Å². The van der Waals surface area contributed by atoms with E-state index in [1.807, 2.05) is 11.8 Å². The first-order valence-corrected chi connectivity index (χ1v) is 7.26. The van der Waals surface area contributed by atoms with E-state index in [4.69, 9.17) is 0 Å². The van der Waals surface area contributed by atoms with E-state index < -0.39 is 0 Å². The van der Waals surface area contributed by atoms with E-state index >= 15 is 0 Å². The van der Waals surface area contributed by atoms with Crippen molar-refractivity contribution < 1.29 is 4.79 Å². The molecule has 0 bridgehead atoms. The highest BCUT2D eigenvalue weighted by Crippen LogP contribution is 2.24. The van der Waals surface area contributed by atoms with Crippen LogP contribution < -0.4 is 10.6 Å². The Kier molecular flexibility index (Phi) is 6.21. The first-order chi connectivity index (χ1) is 7.59. The third-order valence-electron chi connectivity index (χ3n) is 2.84. The van der Waals surface area contributed by atoms with Crippen LogP contribution in [0.1, 0.15) is 33.6 Å². The van der Waals surface area contributed by atoms with Crippen molar-refractivity contribution in [3.05, 3.63) is 0 Å². The van der Waals surface area contributed by atoms with Crippen LogP contribution in [-0.4, -0.2) is 36.0 Å². The molecule has 3 nitrogen and oxygen atoms in total. The summed E-state index contributed by atoms with van der Waals surface area (Å²) in [7, 11) is 0. The first-order valence-electron chi connectivity index (χ1n) is 6.21. The quantitative estimate of drug-likeness (QED) is 0.772. The van der Waals surface area contributed by atoms with Crippen LogP contribution in [0.25, 0.3) is 0 Å². The standard InChI is InChI=1S/C12H24N2OS/c1-9(2)7-14-12(15)8-13-11-5-4-6-16-10(11)3/h9-11,13H,4-8H2,1-3H3,(H,14,15). The minimum absolute atomic E-state index is 0.122. The smallest absolute Gasteiger partial charge is 0.233 e. The van der Waals surface area contributed by atoms with Gasteiger partial charge in [-0.2, -0.15) is 11.8 Å². The highest BCUT2D eigenvalue weighted by Gasteiger charge is 2.21. The third-order valence-corrected chi connectivity index (χ3v) is 4.22. The maximum Gasteiger partial charge on any atom is 0.233 e. The summed E-state index contributed by atoms with van der Waals surface area (Å²) in [6.07, 6.45) is 2.46. The van der Waals surface area contributed by atoms with E-state index in [0.717, 1.165) is 6.54 Å². The van der Waals surface area contributed by atoms with Gasteiger partial charge in [0.15, 0.2) is 0 Å². The Labute approximate surface area is 103 Å². The number of nitrogens with one attached hydrogen (secondary N) is 2. The van der Waals surface area contributed by atoms with Crippen LogP contribution in [-0.2, 0) is 4.79 Å². The number of thioether (sulfide) groups is 1. The van der Waals surface area contributed by atoms with Gasteiger partial charge in [-0.1, -0.05) is 20.8 Å². The largest absolute Gasteiger partial charge is 0.355 e. The third kappa shape index (κ3) is 5.21. The van der Waals surface area contributed by atoms with Crippen molar-refractivity contribution in [1.82, 2.24) is 10.6 Å². The van der Waals surface area contributed by atoms with Crippen LogP contribution in [0.4, 0.5) is 0 Å². The molecule has 0 aromatic rings. The van der Waals surface area contributed by atoms with Crippen LogP contribution in [0.2, 0.25) is 0 Å². The van der Waals surface area contributed by atoms with Gasteiger partial charge in [0, 0.05) is 17.8 Å². The van der Waals surface area contributed by atoms with Crippen molar-refractivity contribution in [2.45, 2.75) is 44.9 Å². The Bertz CT molecular complexity index is 221. The zero-order valence-corrected chi connectivity index (χ0v) is 11.4. The average molecular weight is 244 g/mol. The summed E-state index contributed by atoms with van der Waals surface area (Å²) in [5.41, 5.74) is 0. The fraction of sp³-hybridized carbons (Fsp3) is 0.917. The molecule has 0 aromatic heterocycles. The molecule has 0 saturated carbocycles. The zero-order valence-electron chi connectivity index (χ0n) is 10.6. The van der Waals surface area contributed by atoms with E-state index in [-0.39, 0.29) is 5.91 Å². The molecule has 1 fully saturated rings. The second kappa shape index (κ2) is 7.17. The van der Waals surface area contributed by atoms with E-state index in [9.17, 15) is 4.79 Å². The van der Waals surface area contributed by atoms with Gasteiger partial charge >= 0.3 is 0 Å². The van der Waals surface area contributed by atoms with Gasteiger partial charge in [-0.25, -0.2) is 0 Å². The lowest BCUT2D eigenvalue weighted by Gasteiger charge is -2.29. The summed E-state index contributed by atoms with van der Waals surface area (Å²) < 4.78 is 0. The van der Waals surface area contributed by atoms with Crippen molar-refractivity contribution in [1.29, 1.82) is 0 Å². The van der Waals surface area contributed by atoms with Gasteiger partial charge in [0.2, 0.25) is 5.91 Å². The van der Waals surface area contributed by atoms with Gasteiger partial charge in [0.25, 0.3) is 0 Å². The molecule has 1 saturated heterocycles. The molecule has 1 rings (SSSR count). The minimum Gasteiger partial charge on any atom is -0.355 e. The maximum absolute atomic E-state index is 11.5. The summed E-state index contributed by atoms with van der Waals surface area (Å²) in [4.78, 5) is 11.5. The molecule has 16 heavy (non-hydrogen) atoms. The lowest BCUT2D eigenvalue weighted by molar-refractivity contribution is -0.120. The Balaban J connectivity index is 2.15. The predicted molar refractivity (Wildman–Crippen MR) is 70.8 cm³/mol. The number of hydrogen-bond donors (Lipinski definition) is 2. The topological polar surface area (TPSA) is 41.1 Å². The Morgan fingerprint density at radius 2 is 2.25 bits per heavy atom. The number of amides is 1. The molecule has 2 N–H and O–H groups in total. The van der Waals surface area contributed by atoms with Crippen LogP contribution in [0, 0.1) is 5.92 Å². The van der Waals surface area contributed by atoms with Crippen LogP contribution in [0.3, 0.4) is 0 Å². The molecule has 1 amide bonds. The van der Waals surface area contributed by atoms with E-state index in [0.29, 0.717) is 23.8 Å². The van der Waals surface area contributed by atoms with E-state index in [1.54, 1.807) is 0 Å². The molecular weight excluding hydrogens is 220 g/mol. The summed E-state index contributed by atoms with van der Waals surface area (Å²) in [5, 5.41) is 6.92. The SMILES string of the molecule is CC(C)CNC(=O)CNC1CCCSC1C. The van der Waals surface area contributed by atoms with Crippen molar-refractivity contribution >= 4 is 17.7 Å². The second-order valence-electron chi connectivity index (χ2n) is 4.90. The molecular formula is C12H24N2OS. The second-order valence-corrected chi connectivity index (χ2v) is 6.39. The molecule has 1 aliphatic heterocycles. The fourth-order valence-electron chi connectivity index (χ4n) is 1.80. The first kappa shape index (κ1) is 13.8. The molecule has 94 valence electrons. The number of hydrogen-bond acceptors (Lipinski definition) is 3. The zero-order chi connectivity index (χ0) is 12.0. The predicted octanol–water partition coefficient (Wildman–Crippen LogP) is 1.63. The van der Waals surface area contributed by atoms with E-state index in [1.165, 1.54) is 18.6 Å². The van der Waals surface area contributed by atoms with Crippen LogP contribution >= 0.6 is 11.8 Å². The summed E-state index contributed by atoms with van der Waals surface area (Å²) in [5.74, 6) is 1.91. The fourth-order valence-corrected chi connectivity index (χ4v) is 2.97. The van der Waals surface area contributed by atoms with E-state index in [2.05, 4.69) is 31.4 Å². The highest BCUT2D eigenvalue weighted by atomic mass is 32.2. The normalized spacial score (nSPS) is 25.8. The molecule has 0 aromatic carbocycles. The monoisotopic (exact) mass is 244 g/mol. The lowest BCUT2D eigenvalue weighted by atomic mass is 10.1. The number of carbonyl (C=O) groups is 1. The molecule has 1 heterocycles. The Hall–Kier alpha value is -0.220. The minimum atomic E-state index is 0.122. The highest BCUT2D eigenvalue weighted by molar-refractivity contribution is 7.99.